The molecule has 0 saturated heterocycles. The Morgan fingerprint density at radius 3 is 2.87 bits per heavy atom. The molecule has 15 heavy (non-hydrogen) atoms. The van der Waals surface area contributed by atoms with Gasteiger partial charge in [-0.3, -0.25) is 4.79 Å². The van der Waals surface area contributed by atoms with Crippen LogP contribution in [0.15, 0.2) is 11.6 Å². The van der Waals surface area contributed by atoms with E-state index in [-0.39, 0.29) is 5.91 Å². The number of nitriles is 1. The summed E-state index contributed by atoms with van der Waals surface area (Å²) in [5.74, 6) is -0.997. The average molecular weight is 208 g/mol. The maximum atomic E-state index is 11.8. The number of unbranched alkanes of at least 4 members (excludes halogenated alkanes) is 1. The van der Waals surface area contributed by atoms with E-state index < -0.39 is 12.1 Å². The number of hydrogen-bond acceptors (Lipinski definition) is 3. The molecule has 0 spiro atoms. The topological polar surface area (TPSA) is 64.3 Å². The lowest BCUT2D eigenvalue weighted by Crippen LogP contribution is -2.46. The Bertz CT molecular complexity index is 317. The van der Waals surface area contributed by atoms with E-state index >= 15 is 0 Å². The SMILES string of the molecule is CCCCN1C(=O)C(C#N)C(C)=CC1O. The Hall–Kier alpha value is -1.34. The summed E-state index contributed by atoms with van der Waals surface area (Å²) < 4.78 is 0. The minimum atomic E-state index is -0.867. The number of carbonyl (C=O) groups excluding carboxylic acids is 1. The van der Waals surface area contributed by atoms with E-state index in [0.717, 1.165) is 12.8 Å². The molecule has 2 atom stereocenters. The summed E-state index contributed by atoms with van der Waals surface area (Å²) in [7, 11) is 0. The normalized spacial score (nSPS) is 26.1. The van der Waals surface area contributed by atoms with E-state index in [1.807, 2.05) is 13.0 Å². The Labute approximate surface area is 89.8 Å². The lowest BCUT2D eigenvalue weighted by atomic mass is 9.95. The first-order valence-corrected chi connectivity index (χ1v) is 5.18. The van der Waals surface area contributed by atoms with Crippen molar-refractivity contribution in [3.8, 4) is 6.07 Å². The lowest BCUT2D eigenvalue weighted by molar-refractivity contribution is -0.141. The molecular weight excluding hydrogens is 192 g/mol. The third kappa shape index (κ3) is 2.37. The maximum Gasteiger partial charge on any atom is 0.246 e. The molecule has 4 nitrogen and oxygen atoms in total. The van der Waals surface area contributed by atoms with Crippen molar-refractivity contribution in [1.82, 2.24) is 4.90 Å². The van der Waals surface area contributed by atoms with Gasteiger partial charge in [0.05, 0.1) is 6.07 Å². The van der Waals surface area contributed by atoms with Crippen molar-refractivity contribution in [2.24, 2.45) is 5.92 Å². The van der Waals surface area contributed by atoms with Crippen molar-refractivity contribution >= 4 is 5.91 Å². The van der Waals surface area contributed by atoms with Gasteiger partial charge in [-0.2, -0.15) is 5.26 Å². The molecule has 0 aromatic heterocycles. The van der Waals surface area contributed by atoms with Crippen LogP contribution >= 0.6 is 0 Å². The lowest BCUT2D eigenvalue weighted by Gasteiger charge is -2.32. The maximum absolute atomic E-state index is 11.8. The fourth-order valence-electron chi connectivity index (χ4n) is 1.64. The zero-order chi connectivity index (χ0) is 11.4. The number of nitrogens with zero attached hydrogens (tertiary/aromatic N) is 2. The second kappa shape index (κ2) is 4.94. The predicted molar refractivity (Wildman–Crippen MR) is 55.5 cm³/mol. The number of rotatable bonds is 3. The summed E-state index contributed by atoms with van der Waals surface area (Å²) in [5.41, 5.74) is 0.641. The van der Waals surface area contributed by atoms with Gasteiger partial charge < -0.3 is 10.0 Å². The van der Waals surface area contributed by atoms with Crippen LogP contribution in [0.3, 0.4) is 0 Å². The van der Waals surface area contributed by atoms with Crippen molar-refractivity contribution in [2.45, 2.75) is 32.9 Å². The number of carbonyl (C=O) groups is 1. The minimum absolute atomic E-state index is 0.279. The van der Waals surface area contributed by atoms with Gasteiger partial charge in [0.2, 0.25) is 5.91 Å². The molecular formula is C11H16N2O2. The highest BCUT2D eigenvalue weighted by Gasteiger charge is 2.33. The van der Waals surface area contributed by atoms with Crippen LogP contribution in [0, 0.1) is 17.2 Å². The van der Waals surface area contributed by atoms with Gasteiger partial charge in [-0.05, 0) is 25.0 Å². The largest absolute Gasteiger partial charge is 0.370 e. The Balaban J connectivity index is 2.83. The second-order valence-corrected chi connectivity index (χ2v) is 3.77. The first-order chi connectivity index (χ1) is 7.11. The molecule has 1 rings (SSSR count). The van der Waals surface area contributed by atoms with Crippen LogP contribution in [0.2, 0.25) is 0 Å². The number of amides is 1. The molecule has 1 N–H and O–H groups in total. The average Bonchev–Trinajstić information content (AvgIpc) is 2.17. The highest BCUT2D eigenvalue weighted by atomic mass is 16.3. The zero-order valence-corrected chi connectivity index (χ0v) is 9.10. The fraction of sp³-hybridized carbons (Fsp3) is 0.636. The van der Waals surface area contributed by atoms with Crippen molar-refractivity contribution in [3.63, 3.8) is 0 Å². The molecule has 0 bridgehead atoms. The van der Waals surface area contributed by atoms with Gasteiger partial charge in [0, 0.05) is 6.54 Å². The van der Waals surface area contributed by atoms with Crippen molar-refractivity contribution in [3.05, 3.63) is 11.6 Å². The molecule has 0 aromatic rings. The van der Waals surface area contributed by atoms with Gasteiger partial charge in [0.15, 0.2) is 0 Å². The number of hydrogen-bond donors (Lipinski definition) is 1. The molecule has 2 unspecified atom stereocenters. The van der Waals surface area contributed by atoms with Gasteiger partial charge in [-0.15, -0.1) is 0 Å². The van der Waals surface area contributed by atoms with Crippen molar-refractivity contribution in [1.29, 1.82) is 5.26 Å². The van der Waals surface area contributed by atoms with Gasteiger partial charge >= 0.3 is 0 Å². The molecule has 1 heterocycles. The minimum Gasteiger partial charge on any atom is -0.370 e. The fourth-order valence-corrected chi connectivity index (χ4v) is 1.64. The molecule has 1 amide bonds. The zero-order valence-electron chi connectivity index (χ0n) is 9.10. The Morgan fingerprint density at radius 1 is 1.67 bits per heavy atom. The first kappa shape index (κ1) is 11.7. The molecule has 0 aromatic carbocycles. The van der Waals surface area contributed by atoms with Crippen molar-refractivity contribution in [2.75, 3.05) is 6.54 Å². The molecule has 0 radical (unpaired) electrons. The van der Waals surface area contributed by atoms with E-state index in [2.05, 4.69) is 0 Å². The number of aliphatic hydroxyl groups excluding tert-OH is 1. The third-order valence-corrected chi connectivity index (χ3v) is 2.60. The summed E-state index contributed by atoms with van der Waals surface area (Å²) in [6.07, 6.45) is 2.50. The molecule has 1 aliphatic rings. The number of aliphatic hydroxyl groups is 1. The van der Waals surface area contributed by atoms with Crippen molar-refractivity contribution < 1.29 is 9.90 Å². The summed E-state index contributed by atoms with van der Waals surface area (Å²) in [6, 6.07) is 1.96. The smallest absolute Gasteiger partial charge is 0.246 e. The quantitative estimate of drug-likeness (QED) is 0.704. The van der Waals surface area contributed by atoms with Crippen LogP contribution in [-0.4, -0.2) is 28.7 Å². The summed E-state index contributed by atoms with van der Waals surface area (Å²) in [5, 5.41) is 18.5. The van der Waals surface area contributed by atoms with E-state index in [0.29, 0.717) is 12.1 Å². The van der Waals surface area contributed by atoms with Crippen LogP contribution in [0.1, 0.15) is 26.7 Å². The van der Waals surface area contributed by atoms with Gasteiger partial charge in [-0.25, -0.2) is 0 Å². The third-order valence-electron chi connectivity index (χ3n) is 2.60. The van der Waals surface area contributed by atoms with Crippen LogP contribution in [0.25, 0.3) is 0 Å². The molecule has 0 fully saturated rings. The summed E-state index contributed by atoms with van der Waals surface area (Å²) in [6.45, 7) is 4.23. The molecule has 4 heteroatoms. The summed E-state index contributed by atoms with van der Waals surface area (Å²) in [4.78, 5) is 13.2. The molecule has 0 saturated carbocycles. The van der Waals surface area contributed by atoms with Gasteiger partial charge in [0.25, 0.3) is 0 Å². The van der Waals surface area contributed by atoms with Crippen LogP contribution in [0.5, 0.6) is 0 Å². The molecule has 82 valence electrons. The highest BCUT2D eigenvalue weighted by molar-refractivity contribution is 5.85. The summed E-state index contributed by atoms with van der Waals surface area (Å²) >= 11 is 0. The Kier molecular flexibility index (Phi) is 3.87. The molecule has 0 aliphatic carbocycles. The van der Waals surface area contributed by atoms with Crippen LogP contribution in [0.4, 0.5) is 0 Å². The standard InChI is InChI=1S/C11H16N2O2/c1-3-4-5-13-10(14)6-8(2)9(7-12)11(13)15/h6,9-10,14H,3-5H2,1-2H3. The predicted octanol–water partition coefficient (Wildman–Crippen LogP) is 1.03. The van der Waals surface area contributed by atoms with E-state index in [1.165, 1.54) is 4.90 Å². The Morgan fingerprint density at radius 2 is 2.33 bits per heavy atom. The van der Waals surface area contributed by atoms with Crippen LogP contribution < -0.4 is 0 Å². The van der Waals surface area contributed by atoms with E-state index in [1.54, 1.807) is 13.0 Å². The van der Waals surface area contributed by atoms with Gasteiger partial charge in [0.1, 0.15) is 12.1 Å². The van der Waals surface area contributed by atoms with E-state index in [4.69, 9.17) is 5.26 Å². The van der Waals surface area contributed by atoms with E-state index in [9.17, 15) is 9.90 Å². The monoisotopic (exact) mass is 208 g/mol. The highest BCUT2D eigenvalue weighted by Crippen LogP contribution is 2.22. The second-order valence-electron chi connectivity index (χ2n) is 3.77. The molecule has 1 aliphatic heterocycles. The first-order valence-electron chi connectivity index (χ1n) is 5.18. The van der Waals surface area contributed by atoms with Gasteiger partial charge in [-0.1, -0.05) is 13.3 Å². The van der Waals surface area contributed by atoms with Crippen LogP contribution in [-0.2, 0) is 4.79 Å².